The van der Waals surface area contributed by atoms with Gasteiger partial charge in [-0.15, -0.1) is 0 Å². The Kier molecular flexibility index (Phi) is 6.50. The molecule has 0 aliphatic carbocycles. The number of nitrogens with zero attached hydrogens (tertiary/aromatic N) is 3. The molecule has 0 spiro atoms. The number of rotatable bonds is 3. The average molecular weight is 438 g/mol. The molecule has 2 aromatic heterocycles. The van der Waals surface area contributed by atoms with Crippen molar-refractivity contribution in [1.29, 1.82) is 0 Å². The summed E-state index contributed by atoms with van der Waals surface area (Å²) in [5, 5.41) is 4.59. The maximum absolute atomic E-state index is 13.1. The lowest BCUT2D eigenvalue weighted by Gasteiger charge is -2.35. The molecule has 0 unspecified atom stereocenters. The van der Waals surface area contributed by atoms with Crippen molar-refractivity contribution in [3.05, 3.63) is 63.3 Å². The predicted molar refractivity (Wildman–Crippen MR) is 125 cm³/mol. The van der Waals surface area contributed by atoms with Crippen LogP contribution in [-0.2, 0) is 17.8 Å². The Bertz CT molecular complexity index is 1150. The van der Waals surface area contributed by atoms with Crippen molar-refractivity contribution in [2.24, 2.45) is 0 Å². The highest BCUT2D eigenvalue weighted by Gasteiger charge is 2.20. The van der Waals surface area contributed by atoms with E-state index in [1.807, 2.05) is 6.79 Å². The number of halogens is 1. The SMILES string of the molecule is C=O.Cc1cc(CN2CCN(c3ccc(F)cn3)CC2)cc2[nH]c(=O)c3c(c12)NCCC3. The quantitative estimate of drug-likeness (QED) is 0.656. The molecule has 168 valence electrons. The Hall–Kier alpha value is -3.26. The standard InChI is InChI=1S/C23H26FN5O.CH2O/c1-15-11-16(12-19-21(15)22-18(23(30)27-19)3-2-6-25-22)14-28-7-9-29(10-8-28)20-5-4-17(24)13-26-20;1-2/h4-5,11-13,25H,2-3,6-10,14H2,1H3,(H,27,30);1H2. The summed E-state index contributed by atoms with van der Waals surface area (Å²) in [6.45, 7) is 9.43. The van der Waals surface area contributed by atoms with Crippen LogP contribution in [0.4, 0.5) is 15.9 Å². The van der Waals surface area contributed by atoms with Gasteiger partial charge in [-0.05, 0) is 49.1 Å². The van der Waals surface area contributed by atoms with E-state index in [2.05, 4.69) is 44.1 Å². The monoisotopic (exact) mass is 437 g/mol. The third-order valence-electron chi connectivity index (χ3n) is 6.19. The molecule has 1 fully saturated rings. The normalized spacial score (nSPS) is 16.1. The summed E-state index contributed by atoms with van der Waals surface area (Å²) < 4.78 is 13.1. The fourth-order valence-electron chi connectivity index (χ4n) is 4.71. The van der Waals surface area contributed by atoms with E-state index in [4.69, 9.17) is 4.79 Å². The Labute approximate surface area is 186 Å². The average Bonchev–Trinajstić information content (AvgIpc) is 2.81. The fourth-order valence-corrected chi connectivity index (χ4v) is 4.71. The number of piperazine rings is 1. The van der Waals surface area contributed by atoms with Gasteiger partial charge in [0.25, 0.3) is 5.56 Å². The molecule has 3 aromatic rings. The number of pyridine rings is 2. The third kappa shape index (κ3) is 4.36. The van der Waals surface area contributed by atoms with E-state index in [1.54, 1.807) is 6.07 Å². The highest BCUT2D eigenvalue weighted by molar-refractivity contribution is 5.96. The molecule has 8 heteroatoms. The zero-order valence-electron chi connectivity index (χ0n) is 18.3. The molecule has 2 aliphatic heterocycles. The molecule has 7 nitrogen and oxygen atoms in total. The minimum absolute atomic E-state index is 0.0293. The maximum atomic E-state index is 13.1. The number of aryl methyl sites for hydroxylation is 1. The molecule has 0 saturated carbocycles. The van der Waals surface area contributed by atoms with Crippen molar-refractivity contribution >= 4 is 29.2 Å². The Morgan fingerprint density at radius 2 is 1.94 bits per heavy atom. The van der Waals surface area contributed by atoms with Gasteiger partial charge in [-0.25, -0.2) is 9.37 Å². The first kappa shape index (κ1) is 22.0. The summed E-state index contributed by atoms with van der Waals surface area (Å²) in [5.74, 6) is 0.519. The predicted octanol–water partition coefficient (Wildman–Crippen LogP) is 2.87. The molecule has 1 saturated heterocycles. The zero-order valence-corrected chi connectivity index (χ0v) is 18.3. The first-order valence-corrected chi connectivity index (χ1v) is 10.9. The second kappa shape index (κ2) is 9.48. The number of nitrogens with one attached hydrogen (secondary N) is 2. The molecule has 0 bridgehead atoms. The van der Waals surface area contributed by atoms with Crippen molar-refractivity contribution in [1.82, 2.24) is 14.9 Å². The summed E-state index contributed by atoms with van der Waals surface area (Å²) in [6, 6.07) is 7.56. The van der Waals surface area contributed by atoms with Crippen molar-refractivity contribution in [2.45, 2.75) is 26.3 Å². The number of hydrogen-bond donors (Lipinski definition) is 2. The molecule has 1 aromatic carbocycles. The van der Waals surface area contributed by atoms with Crippen LogP contribution in [0.5, 0.6) is 0 Å². The smallest absolute Gasteiger partial charge is 0.253 e. The van der Waals surface area contributed by atoms with Crippen molar-refractivity contribution in [3.63, 3.8) is 0 Å². The van der Waals surface area contributed by atoms with Crippen LogP contribution in [-0.4, -0.2) is 54.4 Å². The topological polar surface area (TPSA) is 81.3 Å². The summed E-state index contributed by atoms with van der Waals surface area (Å²) in [5.41, 5.74) is 5.25. The number of fused-ring (bicyclic) bond motifs is 3. The lowest BCUT2D eigenvalue weighted by molar-refractivity contribution is -0.0979. The van der Waals surface area contributed by atoms with Crippen LogP contribution < -0.4 is 15.8 Å². The number of H-pyrrole nitrogens is 1. The third-order valence-corrected chi connectivity index (χ3v) is 6.19. The van der Waals surface area contributed by atoms with Crippen LogP contribution in [0.3, 0.4) is 0 Å². The van der Waals surface area contributed by atoms with Gasteiger partial charge in [0.2, 0.25) is 0 Å². The minimum Gasteiger partial charge on any atom is -0.384 e. The summed E-state index contributed by atoms with van der Waals surface area (Å²) in [4.78, 5) is 32.4. The van der Waals surface area contributed by atoms with Crippen LogP contribution in [0.25, 0.3) is 10.9 Å². The van der Waals surface area contributed by atoms with Gasteiger partial charge >= 0.3 is 0 Å². The van der Waals surface area contributed by atoms with E-state index in [1.165, 1.54) is 23.4 Å². The van der Waals surface area contributed by atoms with Crippen molar-refractivity contribution in [3.8, 4) is 0 Å². The van der Waals surface area contributed by atoms with Gasteiger partial charge in [-0.3, -0.25) is 9.69 Å². The van der Waals surface area contributed by atoms with Crippen LogP contribution in [0, 0.1) is 12.7 Å². The highest BCUT2D eigenvalue weighted by atomic mass is 19.1. The van der Waals surface area contributed by atoms with E-state index in [-0.39, 0.29) is 11.4 Å². The fraction of sp³-hybridized carbons (Fsp3) is 0.375. The van der Waals surface area contributed by atoms with Crippen molar-refractivity contribution in [2.75, 3.05) is 42.9 Å². The number of carbonyl (C=O) groups excluding carboxylic acids is 1. The first-order chi connectivity index (χ1) is 15.6. The summed E-state index contributed by atoms with van der Waals surface area (Å²) >= 11 is 0. The molecule has 2 aliphatic rings. The Morgan fingerprint density at radius 1 is 1.16 bits per heavy atom. The lowest BCUT2D eigenvalue weighted by Crippen LogP contribution is -2.46. The van der Waals surface area contributed by atoms with E-state index in [9.17, 15) is 9.18 Å². The zero-order chi connectivity index (χ0) is 22.7. The van der Waals surface area contributed by atoms with E-state index >= 15 is 0 Å². The number of hydrogen-bond acceptors (Lipinski definition) is 6. The second-order valence-corrected chi connectivity index (χ2v) is 8.27. The number of carbonyl (C=O) groups is 1. The second-order valence-electron chi connectivity index (χ2n) is 8.27. The van der Waals surface area contributed by atoms with Gasteiger partial charge in [-0.1, -0.05) is 6.07 Å². The molecule has 0 radical (unpaired) electrons. The number of anilines is 2. The first-order valence-electron chi connectivity index (χ1n) is 10.9. The van der Waals surface area contributed by atoms with Gasteiger partial charge in [-0.2, -0.15) is 0 Å². The highest BCUT2D eigenvalue weighted by Crippen LogP contribution is 2.31. The van der Waals surface area contributed by atoms with E-state index in [0.29, 0.717) is 0 Å². The molecule has 0 amide bonds. The number of aromatic amines is 1. The Balaban J connectivity index is 0.00000119. The largest absolute Gasteiger partial charge is 0.384 e. The van der Waals surface area contributed by atoms with E-state index in [0.717, 1.165) is 80.1 Å². The Morgan fingerprint density at radius 3 is 2.66 bits per heavy atom. The van der Waals surface area contributed by atoms with Crippen LogP contribution in [0.15, 0.2) is 35.3 Å². The summed E-state index contributed by atoms with van der Waals surface area (Å²) in [6.07, 6.45) is 3.11. The van der Waals surface area contributed by atoms with Gasteiger partial charge in [0.15, 0.2) is 0 Å². The molecule has 4 heterocycles. The molecule has 5 rings (SSSR count). The molecular formula is C24H28FN5O2. The van der Waals surface area contributed by atoms with E-state index < -0.39 is 0 Å². The van der Waals surface area contributed by atoms with Crippen LogP contribution >= 0.6 is 0 Å². The molecule has 32 heavy (non-hydrogen) atoms. The minimum atomic E-state index is -0.307. The summed E-state index contributed by atoms with van der Waals surface area (Å²) in [7, 11) is 0. The lowest BCUT2D eigenvalue weighted by atomic mass is 9.97. The van der Waals surface area contributed by atoms with Gasteiger partial charge in [0, 0.05) is 50.2 Å². The van der Waals surface area contributed by atoms with Gasteiger partial charge in [0.05, 0.1) is 17.4 Å². The maximum Gasteiger partial charge on any atom is 0.253 e. The molecule has 2 N–H and O–H groups in total. The molecule has 0 atom stereocenters. The van der Waals surface area contributed by atoms with Gasteiger partial charge in [0.1, 0.15) is 18.4 Å². The number of benzene rings is 1. The van der Waals surface area contributed by atoms with Crippen LogP contribution in [0.2, 0.25) is 0 Å². The molecular weight excluding hydrogens is 409 g/mol. The number of aromatic nitrogens is 2. The van der Waals surface area contributed by atoms with Gasteiger partial charge < -0.3 is 20.0 Å². The van der Waals surface area contributed by atoms with Crippen molar-refractivity contribution < 1.29 is 9.18 Å². The van der Waals surface area contributed by atoms with Crippen LogP contribution in [0.1, 0.15) is 23.1 Å².